The molecule has 0 unspecified atom stereocenters. The van der Waals surface area contributed by atoms with E-state index < -0.39 is 17.9 Å². The highest BCUT2D eigenvalue weighted by molar-refractivity contribution is 5.36. The van der Waals surface area contributed by atoms with Gasteiger partial charge in [0.15, 0.2) is 0 Å². The van der Waals surface area contributed by atoms with Gasteiger partial charge in [0.1, 0.15) is 11.5 Å². The van der Waals surface area contributed by atoms with Crippen LogP contribution in [0.3, 0.4) is 0 Å². The van der Waals surface area contributed by atoms with Crippen LogP contribution in [0.2, 0.25) is 0 Å². The molecule has 3 rings (SSSR count). The molecule has 0 atom stereocenters. The van der Waals surface area contributed by atoms with Gasteiger partial charge in [-0.25, -0.2) is 4.79 Å². The lowest BCUT2D eigenvalue weighted by Crippen LogP contribution is -2.17. The van der Waals surface area contributed by atoms with Crippen molar-refractivity contribution in [2.24, 2.45) is 0 Å². The molecule has 9 heteroatoms. The maximum atomic E-state index is 12.3. The van der Waals surface area contributed by atoms with Gasteiger partial charge >= 0.3 is 18.2 Å². The number of hydrogen-bond donors (Lipinski definition) is 0. The topological polar surface area (TPSA) is 66.5 Å². The number of alkyl halides is 3. The highest BCUT2D eigenvalue weighted by Crippen LogP contribution is 2.24. The lowest BCUT2D eigenvalue weighted by molar-refractivity contribution is -0.274. The molecule has 0 N–H and O–H groups in total. The molecule has 0 fully saturated rings. The number of hydrogen-bond acceptors (Lipinski definition) is 5. The van der Waals surface area contributed by atoms with Crippen molar-refractivity contribution < 1.29 is 27.1 Å². The van der Waals surface area contributed by atoms with Crippen LogP contribution < -0.4 is 15.2 Å². The summed E-state index contributed by atoms with van der Waals surface area (Å²) in [7, 11) is 0. The smallest absolute Gasteiger partial charge is 0.410 e. The molecule has 0 aliphatic heterocycles. The Bertz CT molecular complexity index is 1030. The van der Waals surface area contributed by atoms with Gasteiger partial charge in [0.25, 0.3) is 0 Å². The van der Waals surface area contributed by atoms with Crippen LogP contribution in [0.25, 0.3) is 5.69 Å². The Balaban J connectivity index is 1.56. The average Bonchev–Trinajstić information content (AvgIpc) is 3.11. The van der Waals surface area contributed by atoms with Gasteiger partial charge in [0, 0.05) is 0 Å². The van der Waals surface area contributed by atoms with E-state index in [1.54, 1.807) is 12.1 Å². The van der Waals surface area contributed by atoms with Crippen molar-refractivity contribution in [1.29, 1.82) is 0 Å². The molecule has 0 bridgehead atoms. The van der Waals surface area contributed by atoms with Crippen LogP contribution in [0.5, 0.6) is 17.6 Å². The summed E-state index contributed by atoms with van der Waals surface area (Å²) in [5.41, 5.74) is 1.40. The first-order valence-electron chi connectivity index (χ1n) is 10.6. The fourth-order valence-electron chi connectivity index (χ4n) is 3.19. The third-order valence-electron chi connectivity index (χ3n) is 4.79. The number of benzene rings is 2. The number of halogens is 3. The summed E-state index contributed by atoms with van der Waals surface area (Å²) < 4.78 is 52.0. The molecule has 2 aromatic carbocycles. The molecule has 0 radical (unpaired) electrons. The Morgan fingerprint density at radius 2 is 1.53 bits per heavy atom. The first kappa shape index (κ1) is 23.4. The van der Waals surface area contributed by atoms with E-state index in [-0.39, 0.29) is 11.8 Å². The highest BCUT2D eigenvalue weighted by atomic mass is 19.4. The third kappa shape index (κ3) is 7.18. The molecule has 172 valence electrons. The summed E-state index contributed by atoms with van der Waals surface area (Å²) >= 11 is 0. The lowest BCUT2D eigenvalue weighted by atomic mass is 10.1. The van der Waals surface area contributed by atoms with Crippen LogP contribution in [0.15, 0.2) is 57.7 Å². The summed E-state index contributed by atoms with van der Waals surface area (Å²) in [5.74, 6) is -0.779. The number of rotatable bonds is 11. The predicted octanol–water partition coefficient (Wildman–Crippen LogP) is 6.42. The number of aryl methyl sites for hydroxylation is 1. The van der Waals surface area contributed by atoms with Gasteiger partial charge in [0.2, 0.25) is 0 Å². The molecule has 1 aromatic heterocycles. The molecule has 0 spiro atoms. The molecule has 0 saturated carbocycles. The van der Waals surface area contributed by atoms with E-state index in [2.05, 4.69) is 16.8 Å². The van der Waals surface area contributed by atoms with E-state index in [0.29, 0.717) is 5.75 Å². The first-order chi connectivity index (χ1) is 15.3. The number of unbranched alkanes of at least 4 members (excludes halogenated alkanes) is 5. The molecule has 32 heavy (non-hydrogen) atoms. The first-order valence-corrected chi connectivity index (χ1v) is 10.6. The van der Waals surface area contributed by atoms with Gasteiger partial charge in [0.05, 0.1) is 5.69 Å². The minimum atomic E-state index is -4.79. The van der Waals surface area contributed by atoms with Crippen molar-refractivity contribution in [3.8, 4) is 23.3 Å². The monoisotopic (exact) mass is 450 g/mol. The van der Waals surface area contributed by atoms with Crippen molar-refractivity contribution in [1.82, 2.24) is 9.78 Å². The van der Waals surface area contributed by atoms with Crippen molar-refractivity contribution in [3.05, 3.63) is 64.6 Å². The molecule has 1 heterocycles. The van der Waals surface area contributed by atoms with Crippen LogP contribution in [0, 0.1) is 0 Å². The number of ether oxygens (including phenoxy) is 2. The van der Waals surface area contributed by atoms with Crippen molar-refractivity contribution in [2.75, 3.05) is 0 Å². The maximum absolute atomic E-state index is 12.3. The fourth-order valence-corrected chi connectivity index (χ4v) is 3.19. The Kier molecular flexibility index (Phi) is 7.97. The average molecular weight is 450 g/mol. The van der Waals surface area contributed by atoms with Gasteiger partial charge in [-0.05, 0) is 54.8 Å². The van der Waals surface area contributed by atoms with Crippen LogP contribution >= 0.6 is 0 Å². The largest absolute Gasteiger partial charge is 0.573 e. The SMILES string of the molecule is CCCCCCCCc1ccc(Oc2nn(-c3ccc(OC(F)(F)F)cc3)c(=O)o2)cc1. The van der Waals surface area contributed by atoms with E-state index in [0.717, 1.165) is 29.7 Å². The zero-order valence-corrected chi connectivity index (χ0v) is 17.7. The zero-order valence-electron chi connectivity index (χ0n) is 17.7. The zero-order chi connectivity index (χ0) is 23.0. The molecule has 0 aliphatic carbocycles. The Morgan fingerprint density at radius 3 is 2.19 bits per heavy atom. The van der Waals surface area contributed by atoms with E-state index in [4.69, 9.17) is 9.15 Å². The summed E-state index contributed by atoms with van der Waals surface area (Å²) in [5, 5.41) is 3.94. The predicted molar refractivity (Wildman–Crippen MR) is 112 cm³/mol. The number of nitrogens with zero attached hydrogens (tertiary/aromatic N) is 2. The summed E-state index contributed by atoms with van der Waals surface area (Å²) in [6.07, 6.45) is 3.34. The fraction of sp³-hybridized carbons (Fsp3) is 0.391. The van der Waals surface area contributed by atoms with E-state index >= 15 is 0 Å². The van der Waals surface area contributed by atoms with Gasteiger partial charge in [-0.15, -0.1) is 13.2 Å². The van der Waals surface area contributed by atoms with Gasteiger partial charge < -0.3 is 13.9 Å². The van der Waals surface area contributed by atoms with E-state index in [1.165, 1.54) is 49.8 Å². The van der Waals surface area contributed by atoms with Crippen molar-refractivity contribution in [3.63, 3.8) is 0 Å². The highest BCUT2D eigenvalue weighted by Gasteiger charge is 2.31. The number of aromatic nitrogens is 2. The van der Waals surface area contributed by atoms with Crippen molar-refractivity contribution in [2.45, 2.75) is 58.2 Å². The minimum absolute atomic E-state index is 0.206. The molecular formula is C23H25F3N2O4. The molecule has 0 amide bonds. The second-order valence-corrected chi connectivity index (χ2v) is 7.35. The van der Waals surface area contributed by atoms with Crippen LogP contribution in [0.4, 0.5) is 13.2 Å². The van der Waals surface area contributed by atoms with Gasteiger partial charge in [-0.2, -0.15) is 4.68 Å². The second-order valence-electron chi connectivity index (χ2n) is 7.35. The van der Waals surface area contributed by atoms with E-state index in [1.807, 2.05) is 12.1 Å². The van der Waals surface area contributed by atoms with Crippen LogP contribution in [-0.4, -0.2) is 16.1 Å². The molecular weight excluding hydrogens is 425 g/mol. The normalized spacial score (nSPS) is 11.5. The lowest BCUT2D eigenvalue weighted by Gasteiger charge is -2.08. The quantitative estimate of drug-likeness (QED) is 0.315. The molecule has 3 aromatic rings. The Labute approximate surface area is 183 Å². The second kappa shape index (κ2) is 10.9. The third-order valence-corrected chi connectivity index (χ3v) is 4.79. The molecule has 0 saturated heterocycles. The summed E-state index contributed by atoms with van der Waals surface area (Å²) in [4.78, 5) is 12.1. The summed E-state index contributed by atoms with van der Waals surface area (Å²) in [6, 6.07) is 12.1. The van der Waals surface area contributed by atoms with Gasteiger partial charge in [-0.1, -0.05) is 56.3 Å². The molecule has 6 nitrogen and oxygen atoms in total. The Hall–Kier alpha value is -3.23. The van der Waals surface area contributed by atoms with Crippen LogP contribution in [0.1, 0.15) is 51.0 Å². The summed E-state index contributed by atoms with van der Waals surface area (Å²) in [6.45, 7) is 2.20. The van der Waals surface area contributed by atoms with Crippen LogP contribution in [-0.2, 0) is 6.42 Å². The van der Waals surface area contributed by atoms with Gasteiger partial charge in [-0.3, -0.25) is 0 Å². The van der Waals surface area contributed by atoms with E-state index in [9.17, 15) is 18.0 Å². The maximum Gasteiger partial charge on any atom is 0.573 e. The minimum Gasteiger partial charge on any atom is -0.410 e. The standard InChI is InChI=1S/C23H25F3N2O4/c1-2-3-4-5-6-7-8-17-9-13-19(14-10-17)30-21-27-28(22(29)31-21)18-11-15-20(16-12-18)32-23(24,25)26/h9-16H,2-8H2,1H3. The Morgan fingerprint density at radius 1 is 0.906 bits per heavy atom. The van der Waals surface area contributed by atoms with Crippen molar-refractivity contribution >= 4 is 0 Å². The molecule has 0 aliphatic rings.